The average Bonchev–Trinajstić information content (AvgIpc) is 2.28. The van der Waals surface area contributed by atoms with E-state index in [2.05, 4.69) is 43.1 Å². The quantitative estimate of drug-likeness (QED) is 0.633. The van der Waals surface area contributed by atoms with Crippen LogP contribution in [0.2, 0.25) is 0 Å². The van der Waals surface area contributed by atoms with Crippen LogP contribution in [0.15, 0.2) is 17.1 Å². The number of hydrogen-bond donors (Lipinski definition) is 0. The zero-order valence-corrected chi connectivity index (χ0v) is 9.70. The van der Waals surface area contributed by atoms with Crippen molar-refractivity contribution in [2.24, 2.45) is 4.99 Å². The molecule has 1 heterocycles. The van der Waals surface area contributed by atoms with Crippen molar-refractivity contribution in [1.82, 2.24) is 4.90 Å². The van der Waals surface area contributed by atoms with Crippen LogP contribution in [0.3, 0.4) is 0 Å². The molecule has 0 amide bonds. The molecule has 0 saturated carbocycles. The lowest BCUT2D eigenvalue weighted by Crippen LogP contribution is -2.22. The Morgan fingerprint density at radius 2 is 2.23 bits per heavy atom. The van der Waals surface area contributed by atoms with Crippen LogP contribution in [-0.4, -0.2) is 43.2 Å². The Labute approximate surface area is 82.9 Å². The molecule has 0 aromatic carbocycles. The number of rotatable bonds is 3. The summed E-state index contributed by atoms with van der Waals surface area (Å²) < 4.78 is 0. The molecular formula is C10H19N2P. The second-order valence-corrected chi connectivity index (χ2v) is 5.38. The summed E-state index contributed by atoms with van der Waals surface area (Å²) in [6, 6.07) is 0. The Bertz CT molecular complexity index is 199. The first-order valence-electron chi connectivity index (χ1n) is 4.83. The van der Waals surface area contributed by atoms with Gasteiger partial charge in [-0.15, -0.1) is 0 Å². The molecule has 0 aromatic heterocycles. The van der Waals surface area contributed by atoms with Gasteiger partial charge < -0.3 is 4.90 Å². The predicted molar refractivity (Wildman–Crippen MR) is 62.4 cm³/mol. The molecule has 0 N–H and O–H groups in total. The van der Waals surface area contributed by atoms with Gasteiger partial charge in [0.2, 0.25) is 0 Å². The van der Waals surface area contributed by atoms with E-state index in [0.29, 0.717) is 11.4 Å². The van der Waals surface area contributed by atoms with Crippen LogP contribution in [0.5, 0.6) is 0 Å². The number of nitrogens with zero attached hydrogens (tertiary/aromatic N) is 2. The molecule has 1 aliphatic rings. The molecule has 0 aromatic rings. The number of hydrogen-bond acceptors (Lipinski definition) is 2. The third kappa shape index (κ3) is 4.02. The van der Waals surface area contributed by atoms with Crippen molar-refractivity contribution in [3.63, 3.8) is 0 Å². The van der Waals surface area contributed by atoms with E-state index in [1.807, 2.05) is 6.21 Å². The molecule has 0 saturated heterocycles. The summed E-state index contributed by atoms with van der Waals surface area (Å²) in [5, 5.41) is 0. The minimum atomic E-state index is 0.556. The van der Waals surface area contributed by atoms with Crippen LogP contribution in [0.25, 0.3) is 0 Å². The molecule has 3 atom stereocenters. The van der Waals surface area contributed by atoms with Crippen molar-refractivity contribution < 1.29 is 0 Å². The van der Waals surface area contributed by atoms with E-state index in [1.165, 1.54) is 6.42 Å². The Balaban J connectivity index is 2.47. The Hall–Kier alpha value is -0.200. The van der Waals surface area contributed by atoms with Gasteiger partial charge in [0, 0.05) is 18.4 Å². The maximum absolute atomic E-state index is 4.48. The highest BCUT2D eigenvalue weighted by atomic mass is 31.1. The Kier molecular flexibility index (Phi) is 4.61. The van der Waals surface area contributed by atoms with Crippen LogP contribution in [-0.2, 0) is 0 Å². The summed E-state index contributed by atoms with van der Waals surface area (Å²) in [7, 11) is 5.20. The lowest BCUT2D eigenvalue weighted by Gasteiger charge is -2.19. The molecule has 0 radical (unpaired) electrons. The van der Waals surface area contributed by atoms with Gasteiger partial charge in [-0.25, -0.2) is 0 Å². The lowest BCUT2D eigenvalue weighted by atomic mass is 10.3. The van der Waals surface area contributed by atoms with Crippen molar-refractivity contribution in [2.75, 3.05) is 20.6 Å². The Morgan fingerprint density at radius 1 is 1.46 bits per heavy atom. The van der Waals surface area contributed by atoms with Crippen LogP contribution in [0.4, 0.5) is 0 Å². The minimum Gasteiger partial charge on any atom is -0.308 e. The molecule has 1 aliphatic heterocycles. The molecule has 2 unspecified atom stereocenters. The number of aliphatic imine (C=N–C) groups is 1. The van der Waals surface area contributed by atoms with Crippen LogP contribution in [0, 0.1) is 0 Å². The monoisotopic (exact) mass is 198 g/mol. The van der Waals surface area contributed by atoms with Crippen LogP contribution < -0.4 is 0 Å². The molecule has 2 nitrogen and oxygen atoms in total. The normalized spacial score (nSPS) is 29.8. The smallest absolute Gasteiger partial charge is 0.0667 e. The topological polar surface area (TPSA) is 15.6 Å². The summed E-state index contributed by atoms with van der Waals surface area (Å²) in [4.78, 5) is 6.73. The van der Waals surface area contributed by atoms with E-state index < -0.39 is 0 Å². The third-order valence-corrected chi connectivity index (χ3v) is 3.80. The van der Waals surface area contributed by atoms with E-state index in [4.69, 9.17) is 0 Å². The average molecular weight is 198 g/mol. The number of allylic oxidation sites excluding steroid dienone is 1. The molecule has 0 fully saturated rings. The van der Waals surface area contributed by atoms with Gasteiger partial charge in [-0.05, 0) is 26.6 Å². The van der Waals surface area contributed by atoms with Gasteiger partial charge in [0.15, 0.2) is 0 Å². The maximum Gasteiger partial charge on any atom is 0.0667 e. The minimum absolute atomic E-state index is 0.556. The highest BCUT2D eigenvalue weighted by Crippen LogP contribution is 2.31. The lowest BCUT2D eigenvalue weighted by molar-refractivity contribution is 0.420. The largest absolute Gasteiger partial charge is 0.308 e. The van der Waals surface area contributed by atoms with Crippen LogP contribution >= 0.6 is 8.58 Å². The fourth-order valence-corrected chi connectivity index (χ4v) is 3.01. The zero-order chi connectivity index (χ0) is 9.68. The van der Waals surface area contributed by atoms with Crippen molar-refractivity contribution in [3.05, 3.63) is 12.2 Å². The van der Waals surface area contributed by atoms with Crippen molar-refractivity contribution >= 4 is 14.8 Å². The van der Waals surface area contributed by atoms with Gasteiger partial charge in [0.1, 0.15) is 0 Å². The summed E-state index contributed by atoms with van der Waals surface area (Å²) in [6.07, 6.45) is 7.51. The van der Waals surface area contributed by atoms with Gasteiger partial charge in [-0.2, -0.15) is 0 Å². The molecule has 0 aliphatic carbocycles. The fourth-order valence-electron chi connectivity index (χ4n) is 1.41. The molecule has 3 heteroatoms. The summed E-state index contributed by atoms with van der Waals surface area (Å²) in [5.41, 5.74) is 0.697. The Morgan fingerprint density at radius 3 is 2.85 bits per heavy atom. The van der Waals surface area contributed by atoms with E-state index in [0.717, 1.165) is 15.1 Å². The molecular weight excluding hydrogens is 179 g/mol. The summed E-state index contributed by atoms with van der Waals surface area (Å²) in [5.74, 6) is 0.556. The zero-order valence-electron chi connectivity index (χ0n) is 8.70. The first-order valence-corrected chi connectivity index (χ1v) is 5.98. The standard InChI is InChI=1S/C10H19N2P/c1-4-10-11-7-5-6-9(13-10)8-12(2)3/h5-7,9-10,13H,4,8H2,1-3H3/t9-,10?/m0/s1. The summed E-state index contributed by atoms with van der Waals surface area (Å²) in [6.45, 7) is 3.36. The van der Waals surface area contributed by atoms with Gasteiger partial charge in [0.05, 0.1) is 5.78 Å². The predicted octanol–water partition coefficient (Wildman–Crippen LogP) is 1.97. The van der Waals surface area contributed by atoms with Gasteiger partial charge in [-0.1, -0.05) is 21.6 Å². The van der Waals surface area contributed by atoms with E-state index >= 15 is 0 Å². The first-order chi connectivity index (χ1) is 6.22. The maximum atomic E-state index is 4.48. The molecule has 13 heavy (non-hydrogen) atoms. The van der Waals surface area contributed by atoms with E-state index in [-0.39, 0.29) is 0 Å². The van der Waals surface area contributed by atoms with Gasteiger partial charge in [0.25, 0.3) is 0 Å². The first kappa shape index (κ1) is 10.9. The SMILES string of the molecule is CCC1N=CC=C[C@@H](CN(C)C)P1. The fraction of sp³-hybridized carbons (Fsp3) is 0.700. The second-order valence-electron chi connectivity index (χ2n) is 3.64. The van der Waals surface area contributed by atoms with Crippen LogP contribution in [0.1, 0.15) is 13.3 Å². The van der Waals surface area contributed by atoms with Gasteiger partial charge in [-0.3, -0.25) is 4.99 Å². The van der Waals surface area contributed by atoms with E-state index in [1.54, 1.807) is 0 Å². The van der Waals surface area contributed by atoms with Crippen molar-refractivity contribution in [2.45, 2.75) is 24.8 Å². The van der Waals surface area contributed by atoms with Gasteiger partial charge >= 0.3 is 0 Å². The van der Waals surface area contributed by atoms with E-state index in [9.17, 15) is 0 Å². The molecule has 1 rings (SSSR count). The highest BCUT2D eigenvalue weighted by molar-refractivity contribution is 7.40. The molecule has 0 bridgehead atoms. The highest BCUT2D eigenvalue weighted by Gasteiger charge is 2.13. The van der Waals surface area contributed by atoms with Crippen molar-refractivity contribution in [3.8, 4) is 0 Å². The molecule has 0 spiro atoms. The third-order valence-electron chi connectivity index (χ3n) is 2.05. The molecule has 74 valence electrons. The second kappa shape index (κ2) is 5.51. The van der Waals surface area contributed by atoms with Crippen molar-refractivity contribution in [1.29, 1.82) is 0 Å². The summed E-state index contributed by atoms with van der Waals surface area (Å²) >= 11 is 0.